The Balaban J connectivity index is 1.63. The van der Waals surface area contributed by atoms with Crippen molar-refractivity contribution >= 4 is 39.9 Å². The zero-order valence-electron chi connectivity index (χ0n) is 12.7. The van der Waals surface area contributed by atoms with Crippen LogP contribution in [0.1, 0.15) is 15.4 Å². The van der Waals surface area contributed by atoms with Gasteiger partial charge in [-0.15, -0.1) is 11.3 Å². The lowest BCUT2D eigenvalue weighted by Gasteiger charge is -2.06. The van der Waals surface area contributed by atoms with Crippen LogP contribution in [0.4, 0.5) is 5.69 Å². The Hall–Kier alpha value is -2.74. The molecule has 0 spiro atoms. The van der Waals surface area contributed by atoms with Crippen LogP contribution in [-0.4, -0.2) is 33.1 Å². The quantitative estimate of drug-likeness (QED) is 0.762. The summed E-state index contributed by atoms with van der Waals surface area (Å²) in [5, 5.41) is 12.3. The summed E-state index contributed by atoms with van der Waals surface area (Å²) >= 11 is 1.33. The number of aromatic nitrogens is 3. The number of aryl methyl sites for hydroxylation is 2. The first-order chi connectivity index (χ1) is 11.0. The summed E-state index contributed by atoms with van der Waals surface area (Å²) in [6, 6.07) is 5.32. The second-order valence-corrected chi connectivity index (χ2v) is 5.96. The normalized spacial score (nSPS) is 10.7. The summed E-state index contributed by atoms with van der Waals surface area (Å²) in [6.07, 6.45) is 1.57. The third-order valence-electron chi connectivity index (χ3n) is 3.30. The largest absolute Gasteiger partial charge is 0.342 e. The van der Waals surface area contributed by atoms with E-state index in [1.54, 1.807) is 23.0 Å². The zero-order chi connectivity index (χ0) is 16.4. The second kappa shape index (κ2) is 6.17. The van der Waals surface area contributed by atoms with Crippen LogP contribution in [0.3, 0.4) is 0 Å². The van der Waals surface area contributed by atoms with Crippen molar-refractivity contribution in [1.82, 2.24) is 20.1 Å². The van der Waals surface area contributed by atoms with Gasteiger partial charge in [0.1, 0.15) is 0 Å². The number of anilines is 1. The van der Waals surface area contributed by atoms with Crippen LogP contribution in [-0.2, 0) is 11.8 Å². The van der Waals surface area contributed by atoms with Gasteiger partial charge in [0.05, 0.1) is 29.0 Å². The molecule has 2 N–H and O–H groups in total. The number of hydrogen-bond donors (Lipinski definition) is 2. The lowest BCUT2D eigenvalue weighted by atomic mass is 10.2. The van der Waals surface area contributed by atoms with E-state index >= 15 is 0 Å². The Bertz CT molecular complexity index is 870. The van der Waals surface area contributed by atoms with Gasteiger partial charge in [-0.3, -0.25) is 14.3 Å². The minimum absolute atomic E-state index is 0.0964. The molecule has 8 heteroatoms. The average molecular weight is 329 g/mol. The molecule has 0 aliphatic rings. The van der Waals surface area contributed by atoms with Crippen molar-refractivity contribution in [1.29, 1.82) is 0 Å². The third-order valence-corrected chi connectivity index (χ3v) is 4.17. The fourth-order valence-corrected chi connectivity index (χ4v) is 2.88. The van der Waals surface area contributed by atoms with E-state index in [-0.39, 0.29) is 18.4 Å². The molecule has 0 unspecified atom stereocenters. The molecule has 3 aromatic rings. The molecular weight excluding hydrogens is 314 g/mol. The summed E-state index contributed by atoms with van der Waals surface area (Å²) < 4.78 is 1.69. The smallest absolute Gasteiger partial charge is 0.261 e. The van der Waals surface area contributed by atoms with E-state index in [1.807, 2.05) is 25.4 Å². The van der Waals surface area contributed by atoms with Crippen LogP contribution in [0.5, 0.6) is 0 Å². The number of fused-ring (bicyclic) bond motifs is 1. The van der Waals surface area contributed by atoms with Crippen molar-refractivity contribution in [2.75, 3.05) is 11.9 Å². The lowest BCUT2D eigenvalue weighted by molar-refractivity contribution is -0.115. The summed E-state index contributed by atoms with van der Waals surface area (Å²) in [5.41, 5.74) is 2.17. The van der Waals surface area contributed by atoms with Gasteiger partial charge in [0, 0.05) is 12.4 Å². The van der Waals surface area contributed by atoms with Gasteiger partial charge in [-0.25, -0.2) is 4.98 Å². The van der Waals surface area contributed by atoms with E-state index < -0.39 is 0 Å². The number of thiophene rings is 1. The van der Waals surface area contributed by atoms with E-state index in [9.17, 15) is 9.59 Å². The molecule has 3 rings (SSSR count). The Kier molecular flexibility index (Phi) is 4.07. The maximum absolute atomic E-state index is 11.9. The van der Waals surface area contributed by atoms with Crippen molar-refractivity contribution in [2.45, 2.75) is 6.92 Å². The first-order valence-electron chi connectivity index (χ1n) is 6.95. The maximum Gasteiger partial charge on any atom is 0.261 e. The van der Waals surface area contributed by atoms with Crippen LogP contribution >= 0.6 is 11.3 Å². The van der Waals surface area contributed by atoms with E-state index in [4.69, 9.17) is 0 Å². The minimum atomic E-state index is -0.308. The fourth-order valence-electron chi connectivity index (χ4n) is 2.24. The Labute approximate surface area is 136 Å². The third kappa shape index (κ3) is 3.21. The van der Waals surface area contributed by atoms with Gasteiger partial charge in [-0.2, -0.15) is 5.10 Å². The summed E-state index contributed by atoms with van der Waals surface area (Å²) in [6.45, 7) is 1.79. The molecule has 118 valence electrons. The van der Waals surface area contributed by atoms with Crippen molar-refractivity contribution in [3.05, 3.63) is 40.3 Å². The molecule has 0 radical (unpaired) electrons. The topological polar surface area (TPSA) is 88.9 Å². The first-order valence-corrected chi connectivity index (χ1v) is 7.83. The van der Waals surface area contributed by atoms with Gasteiger partial charge in [-0.05, 0) is 24.4 Å². The summed E-state index contributed by atoms with van der Waals surface area (Å²) in [7, 11) is 1.82. The second-order valence-electron chi connectivity index (χ2n) is 5.01. The van der Waals surface area contributed by atoms with Crippen molar-refractivity contribution in [2.24, 2.45) is 7.05 Å². The van der Waals surface area contributed by atoms with E-state index in [2.05, 4.69) is 20.7 Å². The standard InChI is InChI=1S/C15H15N5O2S/c1-9-11-6-10(7-16-14(11)20(2)19-9)18-13(21)8-17-15(22)12-4-3-5-23-12/h3-7H,8H2,1-2H3,(H,17,22)(H,18,21). The fraction of sp³-hybridized carbons (Fsp3) is 0.200. The van der Waals surface area contributed by atoms with Crippen LogP contribution < -0.4 is 10.6 Å². The van der Waals surface area contributed by atoms with E-state index in [1.165, 1.54) is 11.3 Å². The van der Waals surface area contributed by atoms with Gasteiger partial charge in [0.25, 0.3) is 5.91 Å². The number of nitrogens with zero attached hydrogens (tertiary/aromatic N) is 3. The molecule has 23 heavy (non-hydrogen) atoms. The predicted molar refractivity (Wildman–Crippen MR) is 88.5 cm³/mol. The number of hydrogen-bond acceptors (Lipinski definition) is 5. The average Bonchev–Trinajstić information content (AvgIpc) is 3.14. The number of pyridine rings is 1. The van der Waals surface area contributed by atoms with Crippen molar-refractivity contribution in [3.8, 4) is 0 Å². The number of amides is 2. The Morgan fingerprint density at radius 1 is 1.39 bits per heavy atom. The molecule has 0 fully saturated rings. The maximum atomic E-state index is 11.9. The molecule has 0 aliphatic heterocycles. The molecule has 0 aromatic carbocycles. The molecule has 7 nitrogen and oxygen atoms in total. The Morgan fingerprint density at radius 2 is 2.22 bits per heavy atom. The summed E-state index contributed by atoms with van der Waals surface area (Å²) in [4.78, 5) is 28.6. The SMILES string of the molecule is Cc1nn(C)c2ncc(NC(=O)CNC(=O)c3cccs3)cc12. The van der Waals surface area contributed by atoms with Gasteiger partial charge in [-0.1, -0.05) is 6.07 Å². The molecule has 0 atom stereocenters. The van der Waals surface area contributed by atoms with Gasteiger partial charge >= 0.3 is 0 Å². The summed E-state index contributed by atoms with van der Waals surface area (Å²) in [5.74, 6) is -0.565. The number of carbonyl (C=O) groups excluding carboxylic acids is 2. The molecule has 2 amide bonds. The van der Waals surface area contributed by atoms with Crippen LogP contribution in [0.25, 0.3) is 11.0 Å². The highest BCUT2D eigenvalue weighted by molar-refractivity contribution is 7.12. The van der Waals surface area contributed by atoms with Gasteiger partial charge < -0.3 is 10.6 Å². The molecule has 0 saturated heterocycles. The highest BCUT2D eigenvalue weighted by Crippen LogP contribution is 2.19. The monoisotopic (exact) mass is 329 g/mol. The van der Waals surface area contributed by atoms with Gasteiger partial charge in [0.2, 0.25) is 5.91 Å². The van der Waals surface area contributed by atoms with Crippen LogP contribution in [0.15, 0.2) is 29.8 Å². The minimum Gasteiger partial charge on any atom is -0.342 e. The zero-order valence-corrected chi connectivity index (χ0v) is 13.5. The highest BCUT2D eigenvalue weighted by atomic mass is 32.1. The molecule has 3 aromatic heterocycles. The lowest BCUT2D eigenvalue weighted by Crippen LogP contribution is -2.32. The highest BCUT2D eigenvalue weighted by Gasteiger charge is 2.11. The molecule has 0 saturated carbocycles. The van der Waals surface area contributed by atoms with E-state index in [0.717, 1.165) is 16.7 Å². The molecule has 0 aliphatic carbocycles. The number of rotatable bonds is 4. The van der Waals surface area contributed by atoms with Crippen molar-refractivity contribution < 1.29 is 9.59 Å². The molecule has 3 heterocycles. The number of nitrogens with one attached hydrogen (secondary N) is 2. The van der Waals surface area contributed by atoms with Crippen LogP contribution in [0, 0.1) is 6.92 Å². The van der Waals surface area contributed by atoms with Gasteiger partial charge in [0.15, 0.2) is 5.65 Å². The van der Waals surface area contributed by atoms with Crippen molar-refractivity contribution in [3.63, 3.8) is 0 Å². The Morgan fingerprint density at radius 3 is 2.96 bits per heavy atom. The number of carbonyl (C=O) groups is 2. The van der Waals surface area contributed by atoms with Crippen LogP contribution in [0.2, 0.25) is 0 Å². The first kappa shape index (κ1) is 15.2. The molecule has 0 bridgehead atoms. The predicted octanol–water partition coefficient (Wildman–Crippen LogP) is 1.71. The molecular formula is C15H15N5O2S. The van der Waals surface area contributed by atoms with E-state index in [0.29, 0.717) is 10.6 Å².